The van der Waals surface area contributed by atoms with Crippen molar-refractivity contribution in [3.05, 3.63) is 34.9 Å². The second kappa shape index (κ2) is 13.6. The molecule has 0 bridgehead atoms. The fourth-order valence-electron chi connectivity index (χ4n) is 2.60. The Morgan fingerprint density at radius 1 is 1.32 bits per heavy atom. The predicted molar refractivity (Wildman–Crippen MR) is 114 cm³/mol. The molecule has 142 valence electrons. The summed E-state index contributed by atoms with van der Waals surface area (Å²) in [7, 11) is 1.77. The van der Waals surface area contributed by atoms with Gasteiger partial charge in [0, 0.05) is 51.6 Å². The third-order valence-corrected chi connectivity index (χ3v) is 4.26. The van der Waals surface area contributed by atoms with E-state index < -0.39 is 0 Å². The van der Waals surface area contributed by atoms with Crippen LogP contribution in [0.25, 0.3) is 0 Å². The van der Waals surface area contributed by atoms with Gasteiger partial charge >= 0.3 is 0 Å². The smallest absolute Gasteiger partial charge is 0.191 e. The molecule has 1 fully saturated rings. The topological polar surface area (TPSA) is 54.9 Å². The lowest BCUT2D eigenvalue weighted by molar-refractivity contribution is 0.0203. The van der Waals surface area contributed by atoms with E-state index in [0.717, 1.165) is 68.8 Å². The predicted octanol–water partition coefficient (Wildman–Crippen LogP) is 3.46. The number of guanidine groups is 1. The van der Waals surface area contributed by atoms with Crippen LogP contribution in [-0.4, -0.2) is 46.0 Å². The highest BCUT2D eigenvalue weighted by molar-refractivity contribution is 14.0. The van der Waals surface area contributed by atoms with E-state index >= 15 is 0 Å². The van der Waals surface area contributed by atoms with E-state index in [0.29, 0.717) is 12.5 Å². The molecular weight excluding hydrogens is 453 g/mol. The van der Waals surface area contributed by atoms with Gasteiger partial charge in [-0.25, -0.2) is 0 Å². The number of hydrogen-bond donors (Lipinski definition) is 2. The summed E-state index contributed by atoms with van der Waals surface area (Å²) in [4.78, 5) is 4.22. The molecule has 2 N–H and O–H groups in total. The number of ether oxygens (including phenoxy) is 2. The zero-order valence-electron chi connectivity index (χ0n) is 14.8. The minimum absolute atomic E-state index is 0. The van der Waals surface area contributed by atoms with E-state index in [-0.39, 0.29) is 24.0 Å². The third-order valence-electron chi connectivity index (χ3n) is 4.02. The molecule has 0 spiro atoms. The Bertz CT molecular complexity index is 511. The van der Waals surface area contributed by atoms with Crippen LogP contribution >= 0.6 is 35.6 Å². The summed E-state index contributed by atoms with van der Waals surface area (Å²) in [5, 5.41) is 7.33. The van der Waals surface area contributed by atoms with Crippen molar-refractivity contribution in [1.29, 1.82) is 0 Å². The standard InChI is InChI=1S/C18H28ClN3O2.HI/c1-20-18(22-13-16-4-2-5-17(19)12-16)21-8-3-9-24-14-15-6-10-23-11-7-15;/h2,4-5,12,15H,3,6-11,13-14H2,1H3,(H2,20,21,22);1H. The molecule has 1 aromatic rings. The summed E-state index contributed by atoms with van der Waals surface area (Å²) in [5.41, 5.74) is 1.13. The zero-order chi connectivity index (χ0) is 17.0. The summed E-state index contributed by atoms with van der Waals surface area (Å²) in [6, 6.07) is 7.81. The van der Waals surface area contributed by atoms with Gasteiger partial charge in [0.15, 0.2) is 5.96 Å². The van der Waals surface area contributed by atoms with Crippen molar-refractivity contribution >= 4 is 41.5 Å². The molecule has 7 heteroatoms. The molecule has 0 radical (unpaired) electrons. The largest absolute Gasteiger partial charge is 0.381 e. The Labute approximate surface area is 172 Å². The Morgan fingerprint density at radius 2 is 2.12 bits per heavy atom. The Hall–Kier alpha value is -0.570. The van der Waals surface area contributed by atoms with Crippen molar-refractivity contribution in [1.82, 2.24) is 10.6 Å². The van der Waals surface area contributed by atoms with Crippen LogP contribution in [0, 0.1) is 5.92 Å². The van der Waals surface area contributed by atoms with Crippen molar-refractivity contribution in [2.45, 2.75) is 25.8 Å². The highest BCUT2D eigenvalue weighted by Crippen LogP contribution is 2.14. The Balaban J connectivity index is 0.00000312. The van der Waals surface area contributed by atoms with Crippen LogP contribution in [0.4, 0.5) is 0 Å². The average Bonchev–Trinajstić information content (AvgIpc) is 2.61. The summed E-state index contributed by atoms with van der Waals surface area (Å²) in [6.45, 7) is 4.92. The molecule has 0 atom stereocenters. The van der Waals surface area contributed by atoms with E-state index in [1.165, 1.54) is 0 Å². The van der Waals surface area contributed by atoms with Crippen LogP contribution in [0.3, 0.4) is 0 Å². The first-order valence-electron chi connectivity index (χ1n) is 8.62. The van der Waals surface area contributed by atoms with E-state index in [1.54, 1.807) is 7.05 Å². The number of hydrogen-bond acceptors (Lipinski definition) is 3. The van der Waals surface area contributed by atoms with Gasteiger partial charge in [0.1, 0.15) is 0 Å². The molecule has 5 nitrogen and oxygen atoms in total. The molecule has 0 amide bonds. The lowest BCUT2D eigenvalue weighted by atomic mass is 10.0. The SMILES string of the molecule is CN=C(NCCCOCC1CCOCC1)NCc1cccc(Cl)c1.I. The highest BCUT2D eigenvalue weighted by Gasteiger charge is 2.13. The number of nitrogens with one attached hydrogen (secondary N) is 2. The van der Waals surface area contributed by atoms with Gasteiger partial charge < -0.3 is 20.1 Å². The van der Waals surface area contributed by atoms with Crippen LogP contribution in [0.5, 0.6) is 0 Å². The molecule has 1 saturated heterocycles. The molecule has 1 aliphatic heterocycles. The molecule has 1 aromatic carbocycles. The lowest BCUT2D eigenvalue weighted by Gasteiger charge is -2.21. The van der Waals surface area contributed by atoms with Gasteiger partial charge in [-0.3, -0.25) is 4.99 Å². The van der Waals surface area contributed by atoms with E-state index in [4.69, 9.17) is 21.1 Å². The van der Waals surface area contributed by atoms with Crippen molar-refractivity contribution in [2.24, 2.45) is 10.9 Å². The highest BCUT2D eigenvalue weighted by atomic mass is 127. The fourth-order valence-corrected chi connectivity index (χ4v) is 2.81. The van der Waals surface area contributed by atoms with Gasteiger partial charge in [-0.1, -0.05) is 23.7 Å². The number of aliphatic imine (C=N–C) groups is 1. The number of benzene rings is 1. The van der Waals surface area contributed by atoms with E-state index in [2.05, 4.69) is 15.6 Å². The summed E-state index contributed by atoms with van der Waals surface area (Å²) >= 11 is 5.99. The number of nitrogens with zero attached hydrogens (tertiary/aromatic N) is 1. The first-order valence-corrected chi connectivity index (χ1v) is 9.00. The first-order chi connectivity index (χ1) is 11.8. The second-order valence-electron chi connectivity index (χ2n) is 5.97. The van der Waals surface area contributed by atoms with Crippen molar-refractivity contribution in [3.8, 4) is 0 Å². The van der Waals surface area contributed by atoms with Gasteiger partial charge in [-0.05, 0) is 42.9 Å². The van der Waals surface area contributed by atoms with E-state index in [9.17, 15) is 0 Å². The normalized spacial score (nSPS) is 15.5. The summed E-state index contributed by atoms with van der Waals surface area (Å²) in [6.07, 6.45) is 3.21. The van der Waals surface area contributed by atoms with Crippen molar-refractivity contribution in [2.75, 3.05) is 40.0 Å². The van der Waals surface area contributed by atoms with Crippen LogP contribution in [0.2, 0.25) is 5.02 Å². The van der Waals surface area contributed by atoms with Gasteiger partial charge in [0.25, 0.3) is 0 Å². The maximum absolute atomic E-state index is 5.99. The van der Waals surface area contributed by atoms with Gasteiger partial charge in [0.2, 0.25) is 0 Å². The third kappa shape index (κ3) is 9.63. The molecule has 2 rings (SSSR count). The molecule has 0 aliphatic carbocycles. The molecule has 25 heavy (non-hydrogen) atoms. The summed E-state index contributed by atoms with van der Waals surface area (Å²) < 4.78 is 11.1. The summed E-state index contributed by atoms with van der Waals surface area (Å²) in [5.74, 6) is 1.46. The maximum Gasteiger partial charge on any atom is 0.191 e. The zero-order valence-corrected chi connectivity index (χ0v) is 17.9. The van der Waals surface area contributed by atoms with Gasteiger partial charge in [0.05, 0.1) is 0 Å². The number of halogens is 2. The molecular formula is C18H29ClIN3O2. The molecule has 0 saturated carbocycles. The monoisotopic (exact) mass is 481 g/mol. The minimum atomic E-state index is 0. The second-order valence-corrected chi connectivity index (χ2v) is 6.40. The minimum Gasteiger partial charge on any atom is -0.381 e. The van der Waals surface area contributed by atoms with Crippen molar-refractivity contribution < 1.29 is 9.47 Å². The first kappa shape index (κ1) is 22.5. The molecule has 1 aliphatic rings. The fraction of sp³-hybridized carbons (Fsp3) is 0.611. The van der Waals surface area contributed by atoms with Gasteiger partial charge in [-0.2, -0.15) is 0 Å². The van der Waals surface area contributed by atoms with Crippen molar-refractivity contribution in [3.63, 3.8) is 0 Å². The van der Waals surface area contributed by atoms with Crippen LogP contribution < -0.4 is 10.6 Å². The van der Waals surface area contributed by atoms with E-state index in [1.807, 2.05) is 24.3 Å². The maximum atomic E-state index is 5.99. The Morgan fingerprint density at radius 3 is 2.84 bits per heavy atom. The number of rotatable bonds is 8. The average molecular weight is 482 g/mol. The molecule has 0 aromatic heterocycles. The van der Waals surface area contributed by atoms with Crippen LogP contribution in [-0.2, 0) is 16.0 Å². The molecule has 0 unspecified atom stereocenters. The lowest BCUT2D eigenvalue weighted by Crippen LogP contribution is -2.37. The Kier molecular flexibility index (Phi) is 12.2. The van der Waals surface area contributed by atoms with Crippen LogP contribution in [0.15, 0.2) is 29.3 Å². The van der Waals surface area contributed by atoms with Crippen LogP contribution in [0.1, 0.15) is 24.8 Å². The van der Waals surface area contributed by atoms with Gasteiger partial charge in [-0.15, -0.1) is 24.0 Å². The molecule has 1 heterocycles. The quantitative estimate of drug-likeness (QED) is 0.258.